The summed E-state index contributed by atoms with van der Waals surface area (Å²) in [5.41, 5.74) is -0.871. The van der Waals surface area contributed by atoms with Crippen LogP contribution >= 0.6 is 0 Å². The van der Waals surface area contributed by atoms with Crippen LogP contribution in [0.3, 0.4) is 0 Å². The topological polar surface area (TPSA) is 74.5 Å². The highest BCUT2D eigenvalue weighted by Crippen LogP contribution is 2.47. The van der Waals surface area contributed by atoms with Crippen LogP contribution < -0.4 is 10.6 Å². The van der Waals surface area contributed by atoms with E-state index in [2.05, 4.69) is 17.6 Å². The quantitative estimate of drug-likeness (QED) is 0.737. The first kappa shape index (κ1) is 13.9. The molecular formula is C14H22N2O3. The number of amides is 2. The number of rotatable bonds is 6. The predicted octanol–water partition coefficient (Wildman–Crippen LogP) is 1.98. The van der Waals surface area contributed by atoms with Crippen LogP contribution in [0.4, 0.5) is 4.79 Å². The molecule has 2 rings (SSSR count). The SMILES string of the molecule is CCC1(CNC(=O)NCC(C)(O)c2ccco2)CC1. The van der Waals surface area contributed by atoms with Crippen molar-refractivity contribution in [3.63, 3.8) is 0 Å². The van der Waals surface area contributed by atoms with Gasteiger partial charge >= 0.3 is 6.03 Å². The smallest absolute Gasteiger partial charge is 0.314 e. The third kappa shape index (κ3) is 3.50. The number of carbonyl (C=O) groups excluding carboxylic acids is 1. The summed E-state index contributed by atoms with van der Waals surface area (Å²) < 4.78 is 5.15. The van der Waals surface area contributed by atoms with Gasteiger partial charge in [0.1, 0.15) is 11.4 Å². The Bertz CT molecular complexity index is 422. The van der Waals surface area contributed by atoms with Gasteiger partial charge in [-0.1, -0.05) is 6.92 Å². The molecule has 0 aliphatic heterocycles. The molecule has 0 saturated heterocycles. The van der Waals surface area contributed by atoms with Crippen LogP contribution in [0.5, 0.6) is 0 Å². The van der Waals surface area contributed by atoms with E-state index < -0.39 is 5.60 Å². The van der Waals surface area contributed by atoms with E-state index >= 15 is 0 Å². The van der Waals surface area contributed by atoms with Crippen molar-refractivity contribution in [3.8, 4) is 0 Å². The molecule has 0 spiro atoms. The molecule has 1 atom stereocenters. The average Bonchev–Trinajstić information content (AvgIpc) is 2.95. The number of carbonyl (C=O) groups is 1. The van der Waals surface area contributed by atoms with Crippen LogP contribution in [0.25, 0.3) is 0 Å². The van der Waals surface area contributed by atoms with Crippen molar-refractivity contribution in [2.24, 2.45) is 5.41 Å². The molecule has 3 N–H and O–H groups in total. The van der Waals surface area contributed by atoms with Gasteiger partial charge < -0.3 is 20.2 Å². The van der Waals surface area contributed by atoms with Gasteiger partial charge in [0.05, 0.1) is 12.8 Å². The Morgan fingerprint density at radius 1 is 1.53 bits per heavy atom. The average molecular weight is 266 g/mol. The van der Waals surface area contributed by atoms with Crippen LogP contribution in [-0.2, 0) is 5.60 Å². The number of furan rings is 1. The fourth-order valence-electron chi connectivity index (χ4n) is 2.09. The van der Waals surface area contributed by atoms with Crippen LogP contribution in [0.15, 0.2) is 22.8 Å². The van der Waals surface area contributed by atoms with E-state index in [9.17, 15) is 9.90 Å². The van der Waals surface area contributed by atoms with Gasteiger partial charge in [-0.3, -0.25) is 0 Å². The zero-order chi connectivity index (χ0) is 13.9. The lowest BCUT2D eigenvalue weighted by molar-refractivity contribution is 0.0367. The normalized spacial score (nSPS) is 19.5. The first-order chi connectivity index (χ1) is 8.97. The maximum atomic E-state index is 11.7. The maximum absolute atomic E-state index is 11.7. The number of urea groups is 1. The van der Waals surface area contributed by atoms with Gasteiger partial charge in [-0.15, -0.1) is 0 Å². The molecule has 1 aromatic rings. The van der Waals surface area contributed by atoms with E-state index in [0.29, 0.717) is 17.7 Å². The molecule has 1 unspecified atom stereocenters. The first-order valence-electron chi connectivity index (χ1n) is 6.75. The van der Waals surface area contributed by atoms with Gasteiger partial charge in [-0.2, -0.15) is 0 Å². The van der Waals surface area contributed by atoms with Crippen LogP contribution in [0, 0.1) is 5.41 Å². The molecule has 0 bridgehead atoms. The van der Waals surface area contributed by atoms with E-state index in [0.717, 1.165) is 6.42 Å². The second-order valence-corrected chi connectivity index (χ2v) is 5.64. The zero-order valence-electron chi connectivity index (χ0n) is 11.5. The molecule has 1 saturated carbocycles. The molecule has 1 aliphatic rings. The molecule has 5 nitrogen and oxygen atoms in total. The van der Waals surface area contributed by atoms with Crippen molar-refractivity contribution in [2.75, 3.05) is 13.1 Å². The Morgan fingerprint density at radius 2 is 2.26 bits per heavy atom. The van der Waals surface area contributed by atoms with Crippen LogP contribution in [0.2, 0.25) is 0 Å². The van der Waals surface area contributed by atoms with Crippen molar-refractivity contribution in [3.05, 3.63) is 24.2 Å². The van der Waals surface area contributed by atoms with Gasteiger partial charge in [-0.25, -0.2) is 4.79 Å². The van der Waals surface area contributed by atoms with Crippen molar-refractivity contribution >= 4 is 6.03 Å². The number of hydrogen-bond acceptors (Lipinski definition) is 3. The minimum atomic E-state index is -1.19. The Kier molecular flexibility index (Phi) is 3.85. The third-order valence-corrected chi connectivity index (χ3v) is 3.98. The summed E-state index contributed by atoms with van der Waals surface area (Å²) in [5.74, 6) is 0.444. The van der Waals surface area contributed by atoms with E-state index in [4.69, 9.17) is 4.42 Å². The van der Waals surface area contributed by atoms with Crippen molar-refractivity contribution in [1.29, 1.82) is 0 Å². The minimum absolute atomic E-state index is 0.117. The Hall–Kier alpha value is -1.49. The van der Waals surface area contributed by atoms with Crippen LogP contribution in [0.1, 0.15) is 38.9 Å². The van der Waals surface area contributed by atoms with Crippen LogP contribution in [-0.4, -0.2) is 24.2 Å². The van der Waals surface area contributed by atoms with Crippen molar-refractivity contribution in [2.45, 2.75) is 38.7 Å². The molecule has 0 radical (unpaired) electrons. The molecule has 1 fully saturated rings. The molecular weight excluding hydrogens is 244 g/mol. The highest BCUT2D eigenvalue weighted by atomic mass is 16.4. The summed E-state index contributed by atoms with van der Waals surface area (Å²) >= 11 is 0. The second-order valence-electron chi connectivity index (χ2n) is 5.64. The summed E-state index contributed by atoms with van der Waals surface area (Å²) in [7, 11) is 0. The summed E-state index contributed by atoms with van der Waals surface area (Å²) in [5, 5.41) is 15.7. The summed E-state index contributed by atoms with van der Waals surface area (Å²) in [6.07, 6.45) is 4.97. The Balaban J connectivity index is 1.74. The lowest BCUT2D eigenvalue weighted by Crippen LogP contribution is -2.44. The Labute approximate surface area is 113 Å². The third-order valence-electron chi connectivity index (χ3n) is 3.98. The lowest BCUT2D eigenvalue weighted by Gasteiger charge is -2.22. The molecule has 19 heavy (non-hydrogen) atoms. The molecule has 1 aliphatic carbocycles. The monoisotopic (exact) mass is 266 g/mol. The zero-order valence-corrected chi connectivity index (χ0v) is 11.5. The standard InChI is InChI=1S/C14H22N2O3/c1-3-14(6-7-14)10-16-12(17)15-9-13(2,18)11-5-4-8-19-11/h4-5,8,18H,3,6-7,9-10H2,1-2H3,(H2,15,16,17). The van der Waals surface area contributed by atoms with E-state index in [1.54, 1.807) is 19.1 Å². The first-order valence-corrected chi connectivity index (χ1v) is 6.75. The molecule has 5 heteroatoms. The molecule has 106 valence electrons. The van der Waals surface area contributed by atoms with Gasteiger partial charge in [-0.05, 0) is 43.7 Å². The van der Waals surface area contributed by atoms with Gasteiger partial charge in [0.2, 0.25) is 0 Å². The largest absolute Gasteiger partial charge is 0.466 e. The van der Waals surface area contributed by atoms with Gasteiger partial charge in [0, 0.05) is 6.54 Å². The summed E-state index contributed by atoms with van der Waals surface area (Å²) in [6.45, 7) is 4.58. The highest BCUT2D eigenvalue weighted by molar-refractivity contribution is 5.74. The van der Waals surface area contributed by atoms with E-state index in [-0.39, 0.29) is 12.6 Å². The van der Waals surface area contributed by atoms with Crippen molar-refractivity contribution < 1.29 is 14.3 Å². The number of nitrogens with one attached hydrogen (secondary N) is 2. The lowest BCUT2D eigenvalue weighted by atomic mass is 10.0. The molecule has 1 aromatic heterocycles. The molecule has 1 heterocycles. The predicted molar refractivity (Wildman–Crippen MR) is 71.6 cm³/mol. The van der Waals surface area contributed by atoms with E-state index in [1.807, 2.05) is 0 Å². The van der Waals surface area contributed by atoms with Gasteiger partial charge in [0.15, 0.2) is 0 Å². The van der Waals surface area contributed by atoms with Crippen molar-refractivity contribution in [1.82, 2.24) is 10.6 Å². The Morgan fingerprint density at radius 3 is 2.79 bits per heavy atom. The fraction of sp³-hybridized carbons (Fsp3) is 0.643. The molecule has 2 amide bonds. The molecule has 0 aromatic carbocycles. The second kappa shape index (κ2) is 5.25. The van der Waals surface area contributed by atoms with E-state index in [1.165, 1.54) is 19.1 Å². The summed E-state index contributed by atoms with van der Waals surface area (Å²) in [4.78, 5) is 11.7. The fourth-order valence-corrected chi connectivity index (χ4v) is 2.09. The number of hydrogen-bond donors (Lipinski definition) is 3. The number of aliphatic hydroxyl groups is 1. The highest BCUT2D eigenvalue weighted by Gasteiger charge is 2.40. The summed E-state index contributed by atoms with van der Waals surface area (Å²) in [6, 6.07) is 3.16. The maximum Gasteiger partial charge on any atom is 0.314 e. The van der Waals surface area contributed by atoms with Gasteiger partial charge in [0.25, 0.3) is 0 Å². The minimum Gasteiger partial charge on any atom is -0.466 e.